The number of hydrogen-bond donors (Lipinski definition) is 0. The van der Waals surface area contributed by atoms with Crippen molar-refractivity contribution in [1.29, 1.82) is 0 Å². The highest BCUT2D eigenvalue weighted by atomic mass is 79.9. The van der Waals surface area contributed by atoms with E-state index in [0.29, 0.717) is 11.1 Å². The summed E-state index contributed by atoms with van der Waals surface area (Å²) >= 11 is 9.27. The molecule has 0 saturated carbocycles. The van der Waals surface area contributed by atoms with Crippen molar-refractivity contribution in [3.05, 3.63) is 75.5 Å². The third kappa shape index (κ3) is 2.59. The van der Waals surface area contributed by atoms with Gasteiger partial charge in [-0.15, -0.1) is 0 Å². The molecule has 0 N–H and O–H groups in total. The molecule has 0 bridgehead atoms. The maximum Gasteiger partial charge on any atom is 0.131 e. The van der Waals surface area contributed by atoms with Gasteiger partial charge in [-0.1, -0.05) is 63.9 Å². The number of rotatable bonds is 2. The molecule has 0 aliphatic rings. The van der Waals surface area contributed by atoms with Crippen molar-refractivity contribution < 1.29 is 4.39 Å². The second-order valence-electron chi connectivity index (χ2n) is 3.48. The Kier molecular flexibility index (Phi) is 3.97. The van der Waals surface area contributed by atoms with Gasteiger partial charge in [-0.05, 0) is 17.7 Å². The highest BCUT2D eigenvalue weighted by Crippen LogP contribution is 2.31. The maximum atomic E-state index is 13.7. The summed E-state index contributed by atoms with van der Waals surface area (Å²) in [5.41, 5.74) is 3.43. The molecule has 0 fully saturated rings. The van der Waals surface area contributed by atoms with Crippen LogP contribution >= 0.6 is 27.5 Å². The van der Waals surface area contributed by atoms with Crippen LogP contribution in [-0.2, 0) is 0 Å². The minimum Gasteiger partial charge on any atom is -0.206 e. The summed E-state index contributed by atoms with van der Waals surface area (Å²) in [6.45, 7) is 0. The van der Waals surface area contributed by atoms with Gasteiger partial charge < -0.3 is 0 Å². The average molecular weight is 312 g/mol. The minimum atomic E-state index is -0.282. The van der Waals surface area contributed by atoms with Gasteiger partial charge >= 0.3 is 0 Å². The van der Waals surface area contributed by atoms with E-state index in [4.69, 9.17) is 11.6 Å². The van der Waals surface area contributed by atoms with Crippen LogP contribution in [0.15, 0.2) is 58.5 Å². The van der Waals surface area contributed by atoms with Gasteiger partial charge in [0, 0.05) is 21.1 Å². The molecule has 0 amide bonds. The summed E-state index contributed by atoms with van der Waals surface area (Å²) in [4.78, 5) is 0. The van der Waals surface area contributed by atoms with E-state index >= 15 is 0 Å². The van der Waals surface area contributed by atoms with Crippen molar-refractivity contribution in [3.8, 4) is 0 Å². The van der Waals surface area contributed by atoms with E-state index in [1.807, 2.05) is 24.3 Å². The molecule has 0 radical (unpaired) electrons. The summed E-state index contributed by atoms with van der Waals surface area (Å²) in [5, 5.41) is 0. The van der Waals surface area contributed by atoms with Crippen molar-refractivity contribution in [2.45, 2.75) is 0 Å². The van der Waals surface area contributed by atoms with Gasteiger partial charge in [-0.3, -0.25) is 0 Å². The van der Waals surface area contributed by atoms with Gasteiger partial charge in [0.1, 0.15) is 5.82 Å². The molecule has 3 heteroatoms. The van der Waals surface area contributed by atoms with Crippen molar-refractivity contribution >= 4 is 33.1 Å². The van der Waals surface area contributed by atoms with Gasteiger partial charge in [0.2, 0.25) is 0 Å². The Labute approximate surface area is 113 Å². The monoisotopic (exact) mass is 310 g/mol. The number of benzene rings is 2. The molecule has 0 aliphatic carbocycles. The maximum absolute atomic E-state index is 13.7. The predicted octanol–water partition coefficient (Wildman–Crippen LogP) is 5.22. The van der Waals surface area contributed by atoms with Crippen LogP contribution in [0.2, 0.25) is 0 Å². The number of hydrogen-bond acceptors (Lipinski definition) is 0. The second kappa shape index (κ2) is 5.48. The smallest absolute Gasteiger partial charge is 0.131 e. The van der Waals surface area contributed by atoms with E-state index in [1.165, 1.54) is 11.6 Å². The van der Waals surface area contributed by atoms with Gasteiger partial charge in [0.15, 0.2) is 0 Å². The summed E-state index contributed by atoms with van der Waals surface area (Å²) in [6.07, 6.45) is 0. The molecule has 0 nitrogen and oxygen atoms in total. The van der Waals surface area contributed by atoms with Crippen LogP contribution < -0.4 is 0 Å². The molecule has 0 atom stereocenters. The van der Waals surface area contributed by atoms with E-state index in [0.717, 1.165) is 10.0 Å². The fourth-order valence-electron chi connectivity index (χ4n) is 1.62. The highest BCUT2D eigenvalue weighted by Gasteiger charge is 2.11. The Morgan fingerprint density at radius 3 is 2.18 bits per heavy atom. The fraction of sp³-hybridized carbons (Fsp3) is 0. The van der Waals surface area contributed by atoms with Crippen molar-refractivity contribution in [2.75, 3.05) is 0 Å². The Morgan fingerprint density at radius 2 is 1.59 bits per heavy atom. The first-order valence-corrected chi connectivity index (χ1v) is 6.27. The summed E-state index contributed by atoms with van der Waals surface area (Å²) < 4.78 is 14.6. The summed E-state index contributed by atoms with van der Waals surface area (Å²) in [7, 11) is 0. The van der Waals surface area contributed by atoms with Crippen LogP contribution in [0.4, 0.5) is 4.39 Å². The Hall–Kier alpha value is -1.12. The molecule has 0 unspecified atom stereocenters. The van der Waals surface area contributed by atoms with Gasteiger partial charge in [-0.2, -0.15) is 0 Å². The van der Waals surface area contributed by atoms with Crippen LogP contribution in [0, 0.1) is 5.82 Å². The quantitative estimate of drug-likeness (QED) is 0.713. The van der Waals surface area contributed by atoms with E-state index < -0.39 is 0 Å². The first-order valence-electron chi connectivity index (χ1n) is 5.04. The van der Waals surface area contributed by atoms with Crippen molar-refractivity contribution in [1.82, 2.24) is 0 Å². The van der Waals surface area contributed by atoms with E-state index in [1.54, 1.807) is 18.2 Å². The van der Waals surface area contributed by atoms with E-state index in [9.17, 15) is 4.39 Å². The summed E-state index contributed by atoms with van der Waals surface area (Å²) in [6, 6.07) is 14.2. The fourth-order valence-corrected chi connectivity index (χ4v) is 2.36. The third-order valence-electron chi connectivity index (χ3n) is 2.44. The Balaban J connectivity index is 2.57. The highest BCUT2D eigenvalue weighted by molar-refractivity contribution is 9.10. The van der Waals surface area contributed by atoms with Gasteiger partial charge in [0.25, 0.3) is 0 Å². The minimum absolute atomic E-state index is 0.282. The topological polar surface area (TPSA) is 0 Å². The average Bonchev–Trinajstić information content (AvgIpc) is 2.34. The largest absolute Gasteiger partial charge is 0.206 e. The summed E-state index contributed by atoms with van der Waals surface area (Å²) in [5.74, 6) is -0.282. The lowest BCUT2D eigenvalue weighted by Crippen LogP contribution is -1.92. The molecule has 0 aromatic heterocycles. The second-order valence-corrected chi connectivity index (χ2v) is 4.56. The van der Waals surface area contributed by atoms with Crippen LogP contribution in [0.5, 0.6) is 0 Å². The molecule has 0 aliphatic heterocycles. The molecular weight excluding hydrogens is 303 g/mol. The van der Waals surface area contributed by atoms with Crippen LogP contribution in [-0.4, -0.2) is 0 Å². The molecule has 2 aromatic carbocycles. The zero-order chi connectivity index (χ0) is 12.3. The molecule has 2 rings (SSSR count). The zero-order valence-electron chi connectivity index (χ0n) is 8.83. The first-order chi connectivity index (χ1) is 8.24. The lowest BCUT2D eigenvalue weighted by Gasteiger charge is -2.09. The molecular formula is C14H9BrClF. The molecule has 86 valence electrons. The molecule has 0 spiro atoms. The predicted molar refractivity (Wildman–Crippen MR) is 73.5 cm³/mol. The normalized spacial score (nSPS) is 11.6. The van der Waals surface area contributed by atoms with Crippen LogP contribution in [0.25, 0.3) is 5.57 Å². The van der Waals surface area contributed by atoms with Gasteiger partial charge in [-0.25, -0.2) is 4.39 Å². The molecule has 2 aromatic rings. The lowest BCUT2D eigenvalue weighted by atomic mass is 9.99. The van der Waals surface area contributed by atoms with Crippen molar-refractivity contribution in [3.63, 3.8) is 0 Å². The van der Waals surface area contributed by atoms with Crippen LogP contribution in [0.3, 0.4) is 0 Å². The standard InChI is InChI=1S/C14H9BrClF/c15-13-7-3-1-5-10(13)12(9-16)11-6-2-4-8-14(11)17/h1-9H. The Morgan fingerprint density at radius 1 is 1.00 bits per heavy atom. The first kappa shape index (κ1) is 12.3. The molecule has 0 heterocycles. The van der Waals surface area contributed by atoms with Gasteiger partial charge in [0.05, 0.1) is 0 Å². The lowest BCUT2D eigenvalue weighted by molar-refractivity contribution is 0.624. The van der Waals surface area contributed by atoms with E-state index in [-0.39, 0.29) is 5.82 Å². The van der Waals surface area contributed by atoms with Crippen molar-refractivity contribution in [2.24, 2.45) is 0 Å². The Bertz CT molecular complexity index is 516. The number of halogens is 3. The molecule has 17 heavy (non-hydrogen) atoms. The third-order valence-corrected chi connectivity index (χ3v) is 3.35. The zero-order valence-corrected chi connectivity index (χ0v) is 11.2. The van der Waals surface area contributed by atoms with E-state index in [2.05, 4.69) is 15.9 Å². The van der Waals surface area contributed by atoms with Crippen LogP contribution in [0.1, 0.15) is 11.1 Å². The SMILES string of the molecule is Fc1ccccc1C(=CCl)c1ccccc1Br. The molecule has 0 saturated heterocycles.